The van der Waals surface area contributed by atoms with E-state index in [0.717, 1.165) is 27.7 Å². The van der Waals surface area contributed by atoms with Crippen LogP contribution < -0.4 is 4.74 Å². The second-order valence-electron chi connectivity index (χ2n) is 7.79. The van der Waals surface area contributed by atoms with Gasteiger partial charge in [0.05, 0.1) is 11.8 Å². The SMILES string of the molecule is Cc1c(Oc2ccnc3cc(-n4ccnc4)ccc23)cccc1C(=O)CCc1ccncc1. The van der Waals surface area contributed by atoms with E-state index in [-0.39, 0.29) is 5.78 Å². The molecule has 0 spiro atoms. The molecule has 0 atom stereocenters. The average Bonchev–Trinajstić information content (AvgIpc) is 3.39. The van der Waals surface area contributed by atoms with Gasteiger partial charge in [0.1, 0.15) is 11.5 Å². The average molecular weight is 434 g/mol. The summed E-state index contributed by atoms with van der Waals surface area (Å²) in [4.78, 5) is 25.5. The van der Waals surface area contributed by atoms with Crippen LogP contribution in [-0.2, 0) is 6.42 Å². The summed E-state index contributed by atoms with van der Waals surface area (Å²) >= 11 is 0. The maximum atomic E-state index is 12.9. The lowest BCUT2D eigenvalue weighted by molar-refractivity contribution is 0.0982. The molecule has 3 heterocycles. The van der Waals surface area contributed by atoms with Crippen LogP contribution in [0, 0.1) is 6.92 Å². The van der Waals surface area contributed by atoms with E-state index in [1.165, 1.54) is 0 Å². The predicted octanol–water partition coefficient (Wildman–Crippen LogP) is 5.73. The smallest absolute Gasteiger partial charge is 0.163 e. The van der Waals surface area contributed by atoms with Crippen molar-refractivity contribution in [1.82, 2.24) is 19.5 Å². The van der Waals surface area contributed by atoms with E-state index >= 15 is 0 Å². The van der Waals surface area contributed by atoms with Gasteiger partial charge in [0.2, 0.25) is 0 Å². The summed E-state index contributed by atoms with van der Waals surface area (Å²) in [5.74, 6) is 1.46. The fraction of sp³-hybridized carbons (Fsp3) is 0.111. The highest BCUT2D eigenvalue weighted by molar-refractivity contribution is 5.98. The van der Waals surface area contributed by atoms with E-state index in [0.29, 0.717) is 29.9 Å². The molecule has 0 amide bonds. The summed E-state index contributed by atoms with van der Waals surface area (Å²) in [6, 6.07) is 17.3. The number of nitrogens with zero attached hydrogens (tertiary/aromatic N) is 4. The van der Waals surface area contributed by atoms with Gasteiger partial charge in [0.25, 0.3) is 0 Å². The van der Waals surface area contributed by atoms with Gasteiger partial charge in [-0.3, -0.25) is 14.8 Å². The molecular weight excluding hydrogens is 412 g/mol. The van der Waals surface area contributed by atoms with Gasteiger partial charge in [-0.05, 0) is 61.4 Å². The Morgan fingerprint density at radius 2 is 1.82 bits per heavy atom. The van der Waals surface area contributed by atoms with E-state index in [9.17, 15) is 4.79 Å². The first-order valence-electron chi connectivity index (χ1n) is 10.8. The maximum absolute atomic E-state index is 12.9. The zero-order chi connectivity index (χ0) is 22.6. The fourth-order valence-corrected chi connectivity index (χ4v) is 3.86. The number of ether oxygens (including phenoxy) is 1. The van der Waals surface area contributed by atoms with Crippen LogP contribution in [0.15, 0.2) is 91.9 Å². The minimum atomic E-state index is 0.0966. The summed E-state index contributed by atoms with van der Waals surface area (Å²) in [6.45, 7) is 1.93. The molecule has 0 aliphatic heterocycles. The third-order valence-electron chi connectivity index (χ3n) is 5.68. The quantitative estimate of drug-likeness (QED) is 0.306. The highest BCUT2D eigenvalue weighted by Crippen LogP contribution is 2.33. The summed E-state index contributed by atoms with van der Waals surface area (Å²) in [5.41, 5.74) is 4.41. The number of aromatic nitrogens is 4. The molecule has 6 nitrogen and oxygen atoms in total. The first kappa shape index (κ1) is 20.6. The van der Waals surface area contributed by atoms with Crippen LogP contribution in [0.4, 0.5) is 0 Å². The number of carbonyl (C=O) groups is 1. The van der Waals surface area contributed by atoms with Gasteiger partial charge in [0.15, 0.2) is 5.78 Å². The standard InChI is InChI=1S/C27H22N4O2/c1-19-22(25(32)8-5-20-9-12-28-13-10-20)3-2-4-26(19)33-27-11-14-30-24-17-21(6-7-23(24)27)31-16-15-29-18-31/h2-4,6-7,9-18H,5,8H2,1H3. The molecule has 0 bridgehead atoms. The summed E-state index contributed by atoms with van der Waals surface area (Å²) in [6.07, 6.45) is 11.7. The number of carbonyl (C=O) groups excluding carboxylic acids is 1. The highest BCUT2D eigenvalue weighted by Gasteiger charge is 2.14. The van der Waals surface area contributed by atoms with Crippen LogP contribution >= 0.6 is 0 Å². The second-order valence-corrected chi connectivity index (χ2v) is 7.79. The Kier molecular flexibility index (Phi) is 5.64. The van der Waals surface area contributed by atoms with Crippen LogP contribution in [0.2, 0.25) is 0 Å². The number of benzene rings is 2. The lowest BCUT2D eigenvalue weighted by Crippen LogP contribution is -2.04. The molecule has 0 saturated carbocycles. The number of aryl methyl sites for hydroxylation is 1. The number of pyridine rings is 2. The van der Waals surface area contributed by atoms with Crippen molar-refractivity contribution in [1.29, 1.82) is 0 Å². The van der Waals surface area contributed by atoms with Crippen molar-refractivity contribution >= 4 is 16.7 Å². The van der Waals surface area contributed by atoms with E-state index < -0.39 is 0 Å². The monoisotopic (exact) mass is 434 g/mol. The first-order chi connectivity index (χ1) is 16.2. The number of rotatable bonds is 7. The Bertz CT molecular complexity index is 1410. The zero-order valence-electron chi connectivity index (χ0n) is 18.2. The molecule has 3 aromatic heterocycles. The molecule has 0 N–H and O–H groups in total. The molecule has 0 fully saturated rings. The van der Waals surface area contributed by atoms with Crippen molar-refractivity contribution in [3.05, 3.63) is 109 Å². The molecule has 5 aromatic rings. The number of Topliss-reactive ketones (excluding diaryl/α,β-unsaturated/α-hetero) is 1. The third kappa shape index (κ3) is 4.36. The van der Waals surface area contributed by atoms with Crippen molar-refractivity contribution in [3.8, 4) is 17.2 Å². The van der Waals surface area contributed by atoms with Gasteiger partial charge >= 0.3 is 0 Å². The Morgan fingerprint density at radius 3 is 2.64 bits per heavy atom. The van der Waals surface area contributed by atoms with Crippen molar-refractivity contribution in [2.75, 3.05) is 0 Å². The van der Waals surface area contributed by atoms with Crippen LogP contribution in [0.25, 0.3) is 16.6 Å². The number of fused-ring (bicyclic) bond motifs is 1. The zero-order valence-corrected chi connectivity index (χ0v) is 18.2. The lowest BCUT2D eigenvalue weighted by atomic mass is 9.99. The summed E-state index contributed by atoms with van der Waals surface area (Å²) in [7, 11) is 0. The minimum Gasteiger partial charge on any atom is -0.456 e. The molecule has 0 aliphatic rings. The highest BCUT2D eigenvalue weighted by atomic mass is 16.5. The molecule has 0 radical (unpaired) electrons. The molecule has 162 valence electrons. The Morgan fingerprint density at radius 1 is 0.939 bits per heavy atom. The summed E-state index contributed by atoms with van der Waals surface area (Å²) in [5, 5.41) is 0.898. The van der Waals surface area contributed by atoms with Crippen LogP contribution in [0.1, 0.15) is 27.9 Å². The fourth-order valence-electron chi connectivity index (χ4n) is 3.86. The van der Waals surface area contributed by atoms with Crippen molar-refractivity contribution in [3.63, 3.8) is 0 Å². The molecule has 2 aromatic carbocycles. The third-order valence-corrected chi connectivity index (χ3v) is 5.68. The van der Waals surface area contributed by atoms with E-state index in [1.54, 1.807) is 31.1 Å². The number of hydrogen-bond donors (Lipinski definition) is 0. The Hall–Kier alpha value is -4.32. The first-order valence-corrected chi connectivity index (χ1v) is 10.8. The predicted molar refractivity (Wildman–Crippen MR) is 127 cm³/mol. The van der Waals surface area contributed by atoms with Crippen molar-refractivity contribution < 1.29 is 9.53 Å². The number of imidazole rings is 1. The van der Waals surface area contributed by atoms with Crippen LogP contribution in [-0.4, -0.2) is 25.3 Å². The second kappa shape index (κ2) is 9.04. The van der Waals surface area contributed by atoms with Gasteiger partial charge in [-0.1, -0.05) is 12.1 Å². The van der Waals surface area contributed by atoms with Crippen LogP contribution in [0.3, 0.4) is 0 Å². The Balaban J connectivity index is 1.40. The number of ketones is 1. The van der Waals surface area contributed by atoms with Gasteiger partial charge in [-0.15, -0.1) is 0 Å². The maximum Gasteiger partial charge on any atom is 0.163 e. The lowest BCUT2D eigenvalue weighted by Gasteiger charge is -2.14. The van der Waals surface area contributed by atoms with Gasteiger partial charge < -0.3 is 9.30 Å². The molecule has 6 heteroatoms. The normalized spacial score (nSPS) is 10.9. The van der Waals surface area contributed by atoms with Gasteiger partial charge in [-0.25, -0.2) is 4.98 Å². The number of hydrogen-bond acceptors (Lipinski definition) is 5. The van der Waals surface area contributed by atoms with Gasteiger partial charge in [0, 0.05) is 59.6 Å². The van der Waals surface area contributed by atoms with E-state index in [2.05, 4.69) is 15.0 Å². The topological polar surface area (TPSA) is 69.9 Å². The molecule has 33 heavy (non-hydrogen) atoms. The van der Waals surface area contributed by atoms with E-state index in [1.807, 2.05) is 72.3 Å². The largest absolute Gasteiger partial charge is 0.456 e. The molecule has 0 unspecified atom stereocenters. The molecule has 0 saturated heterocycles. The van der Waals surface area contributed by atoms with E-state index in [4.69, 9.17) is 4.74 Å². The van der Waals surface area contributed by atoms with Crippen molar-refractivity contribution in [2.45, 2.75) is 19.8 Å². The molecular formula is C27H22N4O2. The van der Waals surface area contributed by atoms with Crippen molar-refractivity contribution in [2.24, 2.45) is 0 Å². The van der Waals surface area contributed by atoms with Gasteiger partial charge in [-0.2, -0.15) is 0 Å². The van der Waals surface area contributed by atoms with Crippen LogP contribution in [0.5, 0.6) is 11.5 Å². The Labute approximate surface area is 191 Å². The molecule has 0 aliphatic carbocycles. The minimum absolute atomic E-state index is 0.0966. The summed E-state index contributed by atoms with van der Waals surface area (Å²) < 4.78 is 8.22. The molecule has 5 rings (SSSR count).